The van der Waals surface area contributed by atoms with Gasteiger partial charge in [0.05, 0.1) is 16.1 Å². The minimum Gasteiger partial charge on any atom is -0.397 e. The first-order valence-corrected chi connectivity index (χ1v) is 7.19. The van der Waals surface area contributed by atoms with Gasteiger partial charge in [0, 0.05) is 13.0 Å². The molecule has 6 heteroatoms. The first-order valence-electron chi connectivity index (χ1n) is 6.37. The van der Waals surface area contributed by atoms with Crippen LogP contribution in [0.2, 0.25) is 0 Å². The van der Waals surface area contributed by atoms with Gasteiger partial charge in [-0.3, -0.25) is 9.59 Å². The summed E-state index contributed by atoms with van der Waals surface area (Å²) in [7, 11) is 0. The van der Waals surface area contributed by atoms with Crippen molar-refractivity contribution in [2.24, 2.45) is 11.7 Å². The van der Waals surface area contributed by atoms with Gasteiger partial charge in [-0.2, -0.15) is 0 Å². The van der Waals surface area contributed by atoms with E-state index in [1.54, 1.807) is 6.92 Å². The van der Waals surface area contributed by atoms with Crippen molar-refractivity contribution in [3.05, 3.63) is 10.4 Å². The molecule has 1 aromatic heterocycles. The van der Waals surface area contributed by atoms with Crippen LogP contribution in [0.3, 0.4) is 0 Å². The summed E-state index contributed by atoms with van der Waals surface area (Å²) in [5.41, 5.74) is 11.6. The molecule has 0 saturated carbocycles. The number of hydrogen-bond donors (Lipinski definition) is 3. The van der Waals surface area contributed by atoms with E-state index < -0.39 is 5.91 Å². The van der Waals surface area contributed by atoms with Crippen LogP contribution in [0.4, 0.5) is 10.7 Å². The van der Waals surface area contributed by atoms with Crippen LogP contribution in [-0.4, -0.2) is 18.2 Å². The third kappa shape index (κ3) is 3.70. The quantitative estimate of drug-likeness (QED) is 0.669. The average molecular weight is 283 g/mol. The van der Waals surface area contributed by atoms with Crippen molar-refractivity contribution in [3.8, 4) is 0 Å². The highest BCUT2D eigenvalue weighted by Crippen LogP contribution is 2.36. The number of primary amides is 1. The summed E-state index contributed by atoms with van der Waals surface area (Å²) in [4.78, 5) is 23.6. The van der Waals surface area contributed by atoms with Gasteiger partial charge < -0.3 is 16.8 Å². The van der Waals surface area contributed by atoms with Crippen molar-refractivity contribution in [1.82, 2.24) is 0 Å². The predicted octanol–water partition coefficient (Wildman–Crippen LogP) is 2.48. The molecule has 0 spiro atoms. The molecule has 0 fully saturated rings. The average Bonchev–Trinajstić information content (AvgIpc) is 2.65. The molecular weight excluding hydrogens is 262 g/mol. The van der Waals surface area contributed by atoms with Crippen molar-refractivity contribution in [1.29, 1.82) is 0 Å². The third-order valence-corrected chi connectivity index (χ3v) is 3.98. The van der Waals surface area contributed by atoms with Gasteiger partial charge in [-0.1, -0.05) is 20.8 Å². The standard InChI is InChI=1S/C13H21N3O2S/c1-4-8(17)11-10(14)9(12(15)18)13(19-11)16-6-5-7(2)3/h7,16H,4-6,14H2,1-3H3,(H2,15,18). The Morgan fingerprint density at radius 3 is 2.47 bits per heavy atom. The molecule has 0 aromatic carbocycles. The van der Waals surface area contributed by atoms with Gasteiger partial charge in [0.1, 0.15) is 5.00 Å². The lowest BCUT2D eigenvalue weighted by molar-refractivity contribution is 0.0991. The Kier molecular flexibility index (Phi) is 5.35. The van der Waals surface area contributed by atoms with E-state index in [-0.39, 0.29) is 17.0 Å². The van der Waals surface area contributed by atoms with Crippen molar-refractivity contribution < 1.29 is 9.59 Å². The minimum absolute atomic E-state index is 0.0677. The second-order valence-electron chi connectivity index (χ2n) is 4.80. The lowest BCUT2D eigenvalue weighted by Crippen LogP contribution is -2.15. The van der Waals surface area contributed by atoms with Crippen LogP contribution in [-0.2, 0) is 0 Å². The van der Waals surface area contributed by atoms with Crippen molar-refractivity contribution >= 4 is 33.7 Å². The number of anilines is 2. The maximum absolute atomic E-state index is 11.8. The topological polar surface area (TPSA) is 98.2 Å². The smallest absolute Gasteiger partial charge is 0.253 e. The lowest BCUT2D eigenvalue weighted by Gasteiger charge is -2.07. The molecular formula is C13H21N3O2S. The number of nitrogens with one attached hydrogen (secondary N) is 1. The normalized spacial score (nSPS) is 10.7. The van der Waals surface area contributed by atoms with E-state index in [1.807, 2.05) is 0 Å². The molecule has 19 heavy (non-hydrogen) atoms. The van der Waals surface area contributed by atoms with Crippen LogP contribution in [0.1, 0.15) is 53.6 Å². The molecule has 0 aliphatic heterocycles. The molecule has 5 nitrogen and oxygen atoms in total. The number of hydrogen-bond acceptors (Lipinski definition) is 5. The van der Waals surface area contributed by atoms with Crippen LogP contribution < -0.4 is 16.8 Å². The van der Waals surface area contributed by atoms with Crippen molar-refractivity contribution in [2.45, 2.75) is 33.6 Å². The van der Waals surface area contributed by atoms with Gasteiger partial charge in [0.15, 0.2) is 5.78 Å². The second-order valence-corrected chi connectivity index (χ2v) is 5.82. The summed E-state index contributed by atoms with van der Waals surface area (Å²) < 4.78 is 0. The number of carbonyl (C=O) groups is 2. The van der Waals surface area contributed by atoms with Gasteiger partial charge in [0.25, 0.3) is 5.91 Å². The maximum atomic E-state index is 11.8. The zero-order valence-electron chi connectivity index (χ0n) is 11.6. The summed E-state index contributed by atoms with van der Waals surface area (Å²) >= 11 is 1.21. The molecule has 0 saturated heterocycles. The molecule has 1 heterocycles. The van der Waals surface area contributed by atoms with Crippen LogP contribution in [0.25, 0.3) is 0 Å². The van der Waals surface area contributed by atoms with Crippen LogP contribution in [0, 0.1) is 5.92 Å². The van der Waals surface area contributed by atoms with E-state index in [2.05, 4.69) is 19.2 Å². The SMILES string of the molecule is CCC(=O)c1sc(NCCC(C)C)c(C(N)=O)c1N. The number of ketones is 1. The molecule has 0 aliphatic rings. The summed E-state index contributed by atoms with van der Waals surface area (Å²) in [6.45, 7) is 6.71. The van der Waals surface area contributed by atoms with E-state index in [0.717, 1.165) is 13.0 Å². The number of Topliss-reactive ketones (excluding diaryl/α,β-unsaturated/α-hetero) is 1. The Bertz CT molecular complexity index is 480. The van der Waals surface area contributed by atoms with E-state index >= 15 is 0 Å². The Morgan fingerprint density at radius 1 is 1.37 bits per heavy atom. The summed E-state index contributed by atoms with van der Waals surface area (Å²) in [5, 5.41) is 3.75. The molecule has 1 amide bonds. The molecule has 0 unspecified atom stereocenters. The summed E-state index contributed by atoms with van der Waals surface area (Å²) in [5.74, 6) is -0.114. The Balaban J connectivity index is 3.02. The first-order chi connectivity index (χ1) is 8.88. The van der Waals surface area contributed by atoms with Crippen molar-refractivity contribution in [2.75, 3.05) is 17.6 Å². The van der Waals surface area contributed by atoms with E-state index in [4.69, 9.17) is 11.5 Å². The monoisotopic (exact) mass is 283 g/mol. The highest BCUT2D eigenvalue weighted by Gasteiger charge is 2.23. The minimum atomic E-state index is -0.601. The summed E-state index contributed by atoms with van der Waals surface area (Å²) in [6, 6.07) is 0. The Morgan fingerprint density at radius 2 is 2.00 bits per heavy atom. The number of rotatable bonds is 7. The lowest BCUT2D eigenvalue weighted by atomic mass is 10.1. The molecule has 0 radical (unpaired) electrons. The summed E-state index contributed by atoms with van der Waals surface area (Å²) in [6.07, 6.45) is 1.32. The Hall–Kier alpha value is -1.56. The van der Waals surface area contributed by atoms with Crippen LogP contribution in [0.15, 0.2) is 0 Å². The molecule has 1 aromatic rings. The zero-order valence-corrected chi connectivity index (χ0v) is 12.4. The molecule has 0 bridgehead atoms. The zero-order chi connectivity index (χ0) is 14.6. The van der Waals surface area contributed by atoms with Crippen LogP contribution >= 0.6 is 11.3 Å². The Labute approximate surface area is 117 Å². The molecule has 5 N–H and O–H groups in total. The van der Waals surface area contributed by atoms with Crippen LogP contribution in [0.5, 0.6) is 0 Å². The maximum Gasteiger partial charge on any atom is 0.253 e. The molecule has 1 rings (SSSR count). The molecule has 0 aliphatic carbocycles. The van der Waals surface area contributed by atoms with Gasteiger partial charge in [-0.05, 0) is 12.3 Å². The fourth-order valence-electron chi connectivity index (χ4n) is 1.66. The van der Waals surface area contributed by atoms with E-state index in [9.17, 15) is 9.59 Å². The number of thiophene rings is 1. The fourth-order valence-corrected chi connectivity index (χ4v) is 2.82. The first kappa shape index (κ1) is 15.5. The highest BCUT2D eigenvalue weighted by atomic mass is 32.1. The van der Waals surface area contributed by atoms with E-state index in [1.165, 1.54) is 11.3 Å². The second kappa shape index (κ2) is 6.56. The highest BCUT2D eigenvalue weighted by molar-refractivity contribution is 7.19. The fraction of sp³-hybridized carbons (Fsp3) is 0.538. The van der Waals surface area contributed by atoms with Crippen molar-refractivity contribution in [3.63, 3.8) is 0 Å². The number of nitrogens with two attached hydrogens (primary N) is 2. The number of amides is 1. The van der Waals surface area contributed by atoms with Gasteiger partial charge in [-0.25, -0.2) is 0 Å². The van der Waals surface area contributed by atoms with Gasteiger partial charge in [0.2, 0.25) is 0 Å². The van der Waals surface area contributed by atoms with Gasteiger partial charge >= 0.3 is 0 Å². The van der Waals surface area contributed by atoms with Gasteiger partial charge in [-0.15, -0.1) is 11.3 Å². The largest absolute Gasteiger partial charge is 0.397 e. The number of carbonyl (C=O) groups excluding carboxylic acids is 2. The predicted molar refractivity (Wildman–Crippen MR) is 79.8 cm³/mol. The van der Waals surface area contributed by atoms with E-state index in [0.29, 0.717) is 22.2 Å². The molecule has 106 valence electrons. The number of nitrogen functional groups attached to an aromatic ring is 1. The molecule has 0 atom stereocenters. The third-order valence-electron chi connectivity index (χ3n) is 2.77.